The molecule has 0 aromatic carbocycles. The Balaban J connectivity index is 3.28. The first-order valence-electron chi connectivity index (χ1n) is 6.15. The van der Waals surface area contributed by atoms with E-state index in [1.165, 1.54) is 33.0 Å². The molecule has 0 bridgehead atoms. The lowest BCUT2D eigenvalue weighted by Crippen LogP contribution is -2.38. The van der Waals surface area contributed by atoms with Crippen molar-refractivity contribution in [1.82, 2.24) is 0 Å². The summed E-state index contributed by atoms with van der Waals surface area (Å²) in [6.07, 6.45) is 2.55. The van der Waals surface area contributed by atoms with Gasteiger partial charge in [0.2, 0.25) is 0 Å². The van der Waals surface area contributed by atoms with Gasteiger partial charge in [-0.1, -0.05) is 0 Å². The lowest BCUT2D eigenvalue weighted by molar-refractivity contribution is -0.578. The Kier molecular flexibility index (Phi) is 6.90. The van der Waals surface area contributed by atoms with Crippen molar-refractivity contribution >= 4 is 30.3 Å². The fourth-order valence-electron chi connectivity index (χ4n) is 1.71. The predicted molar refractivity (Wildman–Crippen MR) is 78.0 cm³/mol. The number of methoxy groups -OCH3 is 4. The normalized spacial score (nSPS) is 11.9. The highest BCUT2D eigenvalue weighted by Crippen LogP contribution is 2.16. The maximum Gasteiger partial charge on any atom is 0.402 e. The molecule has 1 heterocycles. The molecule has 0 atom stereocenters. The zero-order valence-corrected chi connectivity index (χ0v) is 13.5. The molecule has 0 N–H and O–H groups in total. The van der Waals surface area contributed by atoms with Crippen LogP contribution in [0.5, 0.6) is 0 Å². The summed E-state index contributed by atoms with van der Waals surface area (Å²) in [4.78, 5) is 23.2. The highest BCUT2D eigenvalue weighted by atomic mass is 32.1. The smallest absolute Gasteiger partial charge is 0.402 e. The summed E-state index contributed by atoms with van der Waals surface area (Å²) in [5, 5.41) is 0. The lowest BCUT2D eigenvalue weighted by Gasteiger charge is -2.14. The van der Waals surface area contributed by atoms with Gasteiger partial charge in [-0.25, -0.2) is 9.59 Å². The molecule has 1 aromatic rings. The van der Waals surface area contributed by atoms with Gasteiger partial charge >= 0.3 is 11.9 Å². The molecule has 0 unspecified atom stereocenters. The molecule has 0 aliphatic rings. The Labute approximate surface area is 133 Å². The van der Waals surface area contributed by atoms with Crippen LogP contribution in [-0.4, -0.2) is 40.4 Å². The van der Waals surface area contributed by atoms with Gasteiger partial charge < -0.3 is 31.6 Å². The number of hydrogen-bond donors (Lipinski definition) is 0. The van der Waals surface area contributed by atoms with E-state index in [1.807, 2.05) is 0 Å². The van der Waals surface area contributed by atoms with Crippen molar-refractivity contribution in [2.24, 2.45) is 0 Å². The van der Waals surface area contributed by atoms with Gasteiger partial charge in [0, 0.05) is 31.9 Å². The molecule has 7 nitrogen and oxygen atoms in total. The number of nitrogens with zero attached hydrogens (tertiary/aromatic N) is 1. The van der Waals surface area contributed by atoms with Crippen molar-refractivity contribution in [2.45, 2.75) is 6.29 Å². The Bertz CT molecular complexity index is 565. The predicted octanol–water partition coefficient (Wildman–Crippen LogP) is 0.327. The van der Waals surface area contributed by atoms with Crippen LogP contribution >= 0.6 is 0 Å². The van der Waals surface area contributed by atoms with E-state index < -0.39 is 18.2 Å². The number of carbonyl (C=O) groups excluding carboxylic acids is 2. The molecule has 120 valence electrons. The quantitative estimate of drug-likeness (QED) is 0.245. The van der Waals surface area contributed by atoms with E-state index in [0.29, 0.717) is 0 Å². The molecule has 8 heteroatoms. The van der Waals surface area contributed by atoms with Gasteiger partial charge in [0.1, 0.15) is 0 Å². The Morgan fingerprint density at radius 3 is 1.91 bits per heavy atom. The zero-order valence-electron chi connectivity index (χ0n) is 12.7. The average molecular weight is 327 g/mol. The molecule has 0 saturated carbocycles. The average Bonchev–Trinajstić information content (AvgIpc) is 2.56. The maximum absolute atomic E-state index is 11.9. The van der Waals surface area contributed by atoms with E-state index in [-0.39, 0.29) is 10.6 Å². The summed E-state index contributed by atoms with van der Waals surface area (Å²) in [6, 6.07) is 3.33. The van der Waals surface area contributed by atoms with Crippen LogP contribution in [0.3, 0.4) is 0 Å². The topological polar surface area (TPSA) is 74.9 Å². The molecule has 1 rings (SSSR count). The summed E-state index contributed by atoms with van der Waals surface area (Å²) in [6.45, 7) is 0. The maximum atomic E-state index is 11.9. The number of hydrogen-bond acceptors (Lipinski definition) is 7. The number of rotatable bonds is 6. The molecular weight excluding hydrogens is 310 g/mol. The number of ether oxygens (including phenoxy) is 4. The first-order chi connectivity index (χ1) is 10.5. The van der Waals surface area contributed by atoms with Crippen LogP contribution in [0.15, 0.2) is 29.4 Å². The number of esters is 2. The van der Waals surface area contributed by atoms with Crippen molar-refractivity contribution in [1.29, 1.82) is 0 Å². The Morgan fingerprint density at radius 1 is 1.00 bits per heavy atom. The second-order valence-electron chi connectivity index (χ2n) is 4.00. The molecule has 0 spiro atoms. The molecule has 0 amide bonds. The number of aromatic nitrogens is 1. The zero-order chi connectivity index (χ0) is 16.7. The van der Waals surface area contributed by atoms with Crippen LogP contribution < -0.4 is 4.57 Å². The third-order valence-corrected chi connectivity index (χ3v) is 3.14. The fraction of sp³-hybridized carbons (Fsp3) is 0.357. The lowest BCUT2D eigenvalue weighted by atomic mass is 10.2. The number of pyridine rings is 1. The summed E-state index contributed by atoms with van der Waals surface area (Å²) in [5.41, 5.74) is 0.622. The minimum absolute atomic E-state index is 0.109. The second kappa shape index (κ2) is 8.42. The standard InChI is InChI=1S/C14H17NO6S/c1-18-12(16)10(11(22)13(17)19-2)15-7-5-9(6-8-15)14(20-3)21-4/h5-8,14H,1-4H3. The summed E-state index contributed by atoms with van der Waals surface area (Å²) >= 11 is 4.97. The molecule has 1 aromatic heterocycles. The van der Waals surface area contributed by atoms with Crippen LogP contribution in [0.2, 0.25) is 0 Å². The van der Waals surface area contributed by atoms with Crippen LogP contribution in [0.25, 0.3) is 5.70 Å². The van der Waals surface area contributed by atoms with Crippen molar-refractivity contribution in [2.75, 3.05) is 28.4 Å². The first-order valence-corrected chi connectivity index (χ1v) is 6.56. The third kappa shape index (κ3) is 4.00. The van der Waals surface area contributed by atoms with Crippen LogP contribution in [0.1, 0.15) is 11.9 Å². The second-order valence-corrected chi connectivity index (χ2v) is 4.41. The van der Waals surface area contributed by atoms with Gasteiger partial charge in [0.15, 0.2) is 18.7 Å². The molecule has 0 aliphatic carbocycles. The highest BCUT2D eigenvalue weighted by Gasteiger charge is 2.25. The van der Waals surface area contributed by atoms with E-state index in [2.05, 4.69) is 9.47 Å². The first kappa shape index (κ1) is 18.0. The van der Waals surface area contributed by atoms with E-state index in [4.69, 9.17) is 22.1 Å². The van der Waals surface area contributed by atoms with E-state index in [9.17, 15) is 9.59 Å². The monoisotopic (exact) mass is 327 g/mol. The van der Waals surface area contributed by atoms with Gasteiger partial charge in [-0.3, -0.25) is 0 Å². The van der Waals surface area contributed by atoms with Crippen molar-refractivity contribution < 1.29 is 33.1 Å². The number of carbonyl (C=O) groups is 2. The minimum Gasteiger partial charge on any atom is -0.766 e. The van der Waals surface area contributed by atoms with E-state index in [0.717, 1.165) is 5.56 Å². The molecule has 0 aliphatic heterocycles. The van der Waals surface area contributed by atoms with Gasteiger partial charge in [-0.05, 0) is 4.91 Å². The van der Waals surface area contributed by atoms with Crippen molar-refractivity contribution in [3.05, 3.63) is 35.0 Å². The minimum atomic E-state index is -0.793. The molecule has 0 saturated heterocycles. The van der Waals surface area contributed by atoms with Crippen molar-refractivity contribution in [3.63, 3.8) is 0 Å². The molecule has 0 radical (unpaired) electrons. The van der Waals surface area contributed by atoms with Crippen LogP contribution in [0.4, 0.5) is 0 Å². The van der Waals surface area contributed by atoms with Gasteiger partial charge in [0.05, 0.1) is 14.2 Å². The fourth-order valence-corrected chi connectivity index (χ4v) is 1.99. The summed E-state index contributed by atoms with van der Waals surface area (Å²) in [7, 11) is 5.39. The molecule has 0 fully saturated rings. The summed E-state index contributed by atoms with van der Waals surface area (Å²) in [5.74, 6) is -1.54. The highest BCUT2D eigenvalue weighted by molar-refractivity contribution is 7.65. The Hall–Kier alpha value is -2.03. The summed E-state index contributed by atoms with van der Waals surface area (Å²) < 4.78 is 20.8. The molecule has 22 heavy (non-hydrogen) atoms. The van der Waals surface area contributed by atoms with Gasteiger partial charge in [0.25, 0.3) is 5.70 Å². The van der Waals surface area contributed by atoms with E-state index in [1.54, 1.807) is 24.5 Å². The SMILES string of the molecule is COC(=O)C([S-])=C(C(=O)OC)[n+]1ccc(C(OC)OC)cc1. The molecular formula is C14H17NO6S. The third-order valence-electron chi connectivity index (χ3n) is 2.78. The van der Waals surface area contributed by atoms with E-state index >= 15 is 0 Å². The largest absolute Gasteiger partial charge is 0.766 e. The van der Waals surface area contributed by atoms with Crippen LogP contribution in [0, 0.1) is 0 Å². The van der Waals surface area contributed by atoms with Crippen LogP contribution in [-0.2, 0) is 41.2 Å². The Morgan fingerprint density at radius 2 is 1.50 bits per heavy atom. The van der Waals surface area contributed by atoms with Crippen molar-refractivity contribution in [3.8, 4) is 0 Å². The van der Waals surface area contributed by atoms with Gasteiger partial charge in [-0.15, -0.1) is 0 Å². The van der Waals surface area contributed by atoms with Gasteiger partial charge in [-0.2, -0.15) is 4.57 Å².